The highest BCUT2D eigenvalue weighted by Gasteiger charge is 2.26. The predicted molar refractivity (Wildman–Crippen MR) is 48.6 cm³/mol. The molecule has 0 saturated carbocycles. The molecule has 2 N–H and O–H groups in total. The first-order chi connectivity index (χ1) is 6.75. The van der Waals surface area contributed by atoms with Gasteiger partial charge in [0.2, 0.25) is 0 Å². The molecule has 0 fully saturated rings. The molecule has 0 unspecified atom stereocenters. The fourth-order valence-corrected chi connectivity index (χ4v) is 1.19. The van der Waals surface area contributed by atoms with Gasteiger partial charge < -0.3 is 10.2 Å². The van der Waals surface area contributed by atoms with E-state index in [1.165, 1.54) is 13.8 Å². The number of carboxylic acids is 1. The van der Waals surface area contributed by atoms with Gasteiger partial charge in [-0.3, -0.25) is 0 Å². The maximum Gasteiger partial charge on any atom is 0.338 e. The van der Waals surface area contributed by atoms with Crippen molar-refractivity contribution in [1.82, 2.24) is 0 Å². The van der Waals surface area contributed by atoms with Crippen molar-refractivity contribution in [3.63, 3.8) is 0 Å². The van der Waals surface area contributed by atoms with Crippen molar-refractivity contribution in [3.8, 4) is 0 Å². The monoisotopic (exact) mass is 216 g/mol. The summed E-state index contributed by atoms with van der Waals surface area (Å²) >= 11 is 0. The van der Waals surface area contributed by atoms with E-state index in [2.05, 4.69) is 0 Å². The SMILES string of the molecule is CC(C)(O)c1ccc(C(=O)O)c(F)c1F. The lowest BCUT2D eigenvalue weighted by Gasteiger charge is -2.18. The van der Waals surface area contributed by atoms with Crippen LogP contribution < -0.4 is 0 Å². The third kappa shape index (κ3) is 2.12. The van der Waals surface area contributed by atoms with Gasteiger partial charge in [0.25, 0.3) is 0 Å². The highest BCUT2D eigenvalue weighted by molar-refractivity contribution is 5.88. The Labute approximate surface area is 85.0 Å². The third-order valence-electron chi connectivity index (χ3n) is 1.97. The van der Waals surface area contributed by atoms with Crippen LogP contribution in [0.25, 0.3) is 0 Å². The van der Waals surface area contributed by atoms with E-state index < -0.39 is 28.8 Å². The Morgan fingerprint density at radius 3 is 2.20 bits per heavy atom. The summed E-state index contributed by atoms with van der Waals surface area (Å²) in [5.74, 6) is -4.33. The number of aromatic carboxylic acids is 1. The molecule has 0 radical (unpaired) electrons. The van der Waals surface area contributed by atoms with Crippen molar-refractivity contribution in [2.45, 2.75) is 19.4 Å². The third-order valence-corrected chi connectivity index (χ3v) is 1.97. The summed E-state index contributed by atoms with van der Waals surface area (Å²) < 4.78 is 26.5. The molecule has 0 bridgehead atoms. The minimum atomic E-state index is -1.55. The first-order valence-corrected chi connectivity index (χ1v) is 4.19. The van der Waals surface area contributed by atoms with Gasteiger partial charge >= 0.3 is 5.97 Å². The summed E-state index contributed by atoms with van der Waals surface area (Å²) in [6.45, 7) is 2.57. The maximum atomic E-state index is 13.3. The van der Waals surface area contributed by atoms with Gasteiger partial charge in [0.1, 0.15) is 0 Å². The average molecular weight is 216 g/mol. The van der Waals surface area contributed by atoms with E-state index >= 15 is 0 Å². The highest BCUT2D eigenvalue weighted by atomic mass is 19.2. The van der Waals surface area contributed by atoms with E-state index in [0.29, 0.717) is 0 Å². The molecule has 15 heavy (non-hydrogen) atoms. The van der Waals surface area contributed by atoms with Crippen molar-refractivity contribution < 1.29 is 23.8 Å². The van der Waals surface area contributed by atoms with Crippen molar-refractivity contribution in [2.24, 2.45) is 0 Å². The molecule has 0 saturated heterocycles. The van der Waals surface area contributed by atoms with Crippen LogP contribution >= 0.6 is 0 Å². The van der Waals surface area contributed by atoms with Crippen LogP contribution in [0.3, 0.4) is 0 Å². The maximum absolute atomic E-state index is 13.3. The summed E-state index contributed by atoms with van der Waals surface area (Å²) in [6, 6.07) is 1.98. The number of rotatable bonds is 2. The van der Waals surface area contributed by atoms with E-state index in [-0.39, 0.29) is 5.56 Å². The number of benzene rings is 1. The van der Waals surface area contributed by atoms with Gasteiger partial charge in [0.05, 0.1) is 11.2 Å². The molecule has 0 heterocycles. The molecular weight excluding hydrogens is 206 g/mol. The molecule has 1 aromatic carbocycles. The van der Waals surface area contributed by atoms with Gasteiger partial charge in [-0.05, 0) is 19.9 Å². The summed E-state index contributed by atoms with van der Waals surface area (Å²) in [4.78, 5) is 10.5. The zero-order chi connectivity index (χ0) is 11.8. The molecule has 0 amide bonds. The van der Waals surface area contributed by atoms with Crippen LogP contribution in [-0.2, 0) is 5.60 Å². The Kier molecular flexibility index (Phi) is 2.77. The molecule has 0 aliphatic heterocycles. The zero-order valence-corrected chi connectivity index (χ0v) is 8.21. The molecule has 5 heteroatoms. The van der Waals surface area contributed by atoms with Gasteiger partial charge in [-0.2, -0.15) is 0 Å². The molecule has 0 aliphatic rings. The number of carbonyl (C=O) groups is 1. The van der Waals surface area contributed by atoms with Crippen LogP contribution in [-0.4, -0.2) is 16.2 Å². The van der Waals surface area contributed by atoms with Crippen molar-refractivity contribution in [3.05, 3.63) is 34.9 Å². The Morgan fingerprint density at radius 1 is 1.27 bits per heavy atom. The lowest BCUT2D eigenvalue weighted by atomic mass is 9.96. The van der Waals surface area contributed by atoms with E-state index in [0.717, 1.165) is 12.1 Å². The second-order valence-corrected chi connectivity index (χ2v) is 3.65. The zero-order valence-electron chi connectivity index (χ0n) is 8.21. The van der Waals surface area contributed by atoms with Crippen LogP contribution in [0.1, 0.15) is 29.8 Å². The highest BCUT2D eigenvalue weighted by Crippen LogP contribution is 2.26. The number of hydrogen-bond acceptors (Lipinski definition) is 2. The molecule has 0 aliphatic carbocycles. The van der Waals surface area contributed by atoms with E-state index in [1.807, 2.05) is 0 Å². The van der Waals surface area contributed by atoms with Crippen molar-refractivity contribution in [1.29, 1.82) is 0 Å². The molecule has 3 nitrogen and oxygen atoms in total. The van der Waals surface area contributed by atoms with Crippen LogP contribution in [0, 0.1) is 11.6 Å². The van der Waals surface area contributed by atoms with Gasteiger partial charge in [-0.1, -0.05) is 6.07 Å². The Morgan fingerprint density at radius 2 is 1.80 bits per heavy atom. The second-order valence-electron chi connectivity index (χ2n) is 3.65. The van der Waals surface area contributed by atoms with E-state index in [4.69, 9.17) is 5.11 Å². The summed E-state index contributed by atoms with van der Waals surface area (Å²) in [5.41, 5.74) is -2.58. The van der Waals surface area contributed by atoms with Gasteiger partial charge in [-0.25, -0.2) is 13.6 Å². The molecule has 1 aromatic rings. The fraction of sp³-hybridized carbons (Fsp3) is 0.300. The predicted octanol–water partition coefficient (Wildman–Crippen LogP) is 1.89. The first kappa shape index (κ1) is 11.6. The van der Waals surface area contributed by atoms with E-state index in [9.17, 15) is 18.7 Å². The fourth-order valence-electron chi connectivity index (χ4n) is 1.19. The lowest BCUT2D eigenvalue weighted by Crippen LogP contribution is -2.19. The Hall–Kier alpha value is -1.49. The van der Waals surface area contributed by atoms with Crippen molar-refractivity contribution in [2.75, 3.05) is 0 Å². The Balaban J connectivity index is 3.41. The molecule has 0 aromatic heterocycles. The minimum absolute atomic E-state index is 0.273. The number of carboxylic acid groups (broad SMARTS) is 1. The second kappa shape index (κ2) is 3.58. The van der Waals surface area contributed by atoms with Gasteiger partial charge in [-0.15, -0.1) is 0 Å². The quantitative estimate of drug-likeness (QED) is 0.793. The Bertz CT molecular complexity index is 408. The normalized spacial score (nSPS) is 11.5. The minimum Gasteiger partial charge on any atom is -0.478 e. The van der Waals surface area contributed by atoms with Gasteiger partial charge in [0.15, 0.2) is 11.6 Å². The summed E-state index contributed by atoms with van der Waals surface area (Å²) in [6.07, 6.45) is 0. The first-order valence-electron chi connectivity index (χ1n) is 4.19. The van der Waals surface area contributed by atoms with Crippen molar-refractivity contribution >= 4 is 5.97 Å². The average Bonchev–Trinajstić information content (AvgIpc) is 2.06. The number of hydrogen-bond donors (Lipinski definition) is 2. The van der Waals surface area contributed by atoms with Crippen LogP contribution in [0.5, 0.6) is 0 Å². The van der Waals surface area contributed by atoms with Gasteiger partial charge in [0, 0.05) is 5.56 Å². The standard InChI is InChI=1S/C10H10F2O3/c1-10(2,15)6-4-3-5(9(13)14)7(11)8(6)12/h3-4,15H,1-2H3,(H,13,14). The number of aliphatic hydroxyl groups is 1. The van der Waals surface area contributed by atoms with Crippen LogP contribution in [0.4, 0.5) is 8.78 Å². The lowest BCUT2D eigenvalue weighted by molar-refractivity contribution is 0.0674. The molecule has 1 rings (SSSR count). The summed E-state index contributed by atoms with van der Waals surface area (Å²) in [7, 11) is 0. The smallest absolute Gasteiger partial charge is 0.338 e. The number of halogens is 2. The molecule has 0 spiro atoms. The summed E-state index contributed by atoms with van der Waals surface area (Å²) in [5, 5.41) is 18.0. The van der Waals surface area contributed by atoms with E-state index in [1.54, 1.807) is 0 Å². The van der Waals surface area contributed by atoms with Crippen LogP contribution in [0.15, 0.2) is 12.1 Å². The molecular formula is C10H10F2O3. The molecule has 82 valence electrons. The molecule has 0 atom stereocenters. The topological polar surface area (TPSA) is 57.5 Å². The van der Waals surface area contributed by atoms with Crippen LogP contribution in [0.2, 0.25) is 0 Å². The largest absolute Gasteiger partial charge is 0.478 e.